The summed E-state index contributed by atoms with van der Waals surface area (Å²) < 4.78 is 40.2. The van der Waals surface area contributed by atoms with E-state index in [0.717, 1.165) is 6.92 Å². The second-order valence-electron chi connectivity index (χ2n) is 5.00. The van der Waals surface area contributed by atoms with Gasteiger partial charge in [-0.25, -0.2) is 8.78 Å². The third kappa shape index (κ3) is 2.28. The highest BCUT2D eigenvalue weighted by molar-refractivity contribution is 5.79. The van der Waals surface area contributed by atoms with Crippen LogP contribution in [0.15, 0.2) is 18.3 Å². The van der Waals surface area contributed by atoms with Crippen LogP contribution in [-0.2, 0) is 13.0 Å². The number of hydrogen-bond acceptors (Lipinski definition) is 4. The lowest BCUT2D eigenvalue weighted by Gasteiger charge is -2.23. The summed E-state index contributed by atoms with van der Waals surface area (Å²) in [5, 5.41) is 4.00. The van der Waals surface area contributed by atoms with Gasteiger partial charge in [-0.2, -0.15) is 5.10 Å². The first kappa shape index (κ1) is 13.7. The molecule has 0 spiro atoms. The first-order valence-corrected chi connectivity index (χ1v) is 6.47. The summed E-state index contributed by atoms with van der Waals surface area (Å²) in [6.07, 6.45) is 1.47. The second kappa shape index (κ2) is 4.61. The molecule has 1 aliphatic rings. The number of nitrogens with two attached hydrogens (primary N) is 1. The summed E-state index contributed by atoms with van der Waals surface area (Å²) in [6.45, 7) is 1.57. The number of alkyl halides is 2. The SMILES string of the molecule is Cn1ncc(-c2cc3c(cc2C(C)(F)F)OCCO3)c1N. The number of aromatic nitrogens is 2. The van der Waals surface area contributed by atoms with Crippen molar-refractivity contribution < 1.29 is 18.3 Å². The Bertz CT molecular complexity index is 692. The van der Waals surface area contributed by atoms with E-state index in [4.69, 9.17) is 15.2 Å². The maximum Gasteiger partial charge on any atom is 0.271 e. The highest BCUT2D eigenvalue weighted by Crippen LogP contribution is 2.44. The monoisotopic (exact) mass is 295 g/mol. The fourth-order valence-corrected chi connectivity index (χ4v) is 2.33. The number of nitrogens with zero attached hydrogens (tertiary/aromatic N) is 2. The van der Waals surface area contributed by atoms with E-state index in [-0.39, 0.29) is 5.56 Å². The third-order valence-corrected chi connectivity index (χ3v) is 3.43. The summed E-state index contributed by atoms with van der Waals surface area (Å²) in [5.74, 6) is -1.96. The summed E-state index contributed by atoms with van der Waals surface area (Å²) in [7, 11) is 1.65. The van der Waals surface area contributed by atoms with Crippen LogP contribution in [0.4, 0.5) is 14.6 Å². The van der Waals surface area contributed by atoms with Gasteiger partial charge in [0.1, 0.15) is 19.0 Å². The Morgan fingerprint density at radius 2 is 1.81 bits per heavy atom. The van der Waals surface area contributed by atoms with Crippen LogP contribution in [0.25, 0.3) is 11.1 Å². The van der Waals surface area contributed by atoms with Crippen molar-refractivity contribution in [1.29, 1.82) is 0 Å². The van der Waals surface area contributed by atoms with E-state index in [1.54, 1.807) is 7.05 Å². The van der Waals surface area contributed by atoms with Crippen molar-refractivity contribution in [3.63, 3.8) is 0 Å². The zero-order chi connectivity index (χ0) is 15.2. The number of rotatable bonds is 2. The number of fused-ring (bicyclic) bond motifs is 1. The number of nitrogen functional groups attached to an aromatic ring is 1. The molecule has 7 heteroatoms. The van der Waals surface area contributed by atoms with Crippen molar-refractivity contribution in [3.05, 3.63) is 23.9 Å². The standard InChI is InChI=1S/C14H15F2N3O2/c1-14(15,16)10-6-12-11(20-3-4-21-12)5-8(10)9-7-18-19(2)13(9)17/h5-7H,3-4,17H2,1-2H3. The van der Waals surface area contributed by atoms with E-state index in [0.29, 0.717) is 41.7 Å². The van der Waals surface area contributed by atoms with Crippen molar-refractivity contribution in [2.75, 3.05) is 18.9 Å². The van der Waals surface area contributed by atoms with Gasteiger partial charge in [-0.3, -0.25) is 4.68 Å². The van der Waals surface area contributed by atoms with E-state index in [1.165, 1.54) is 23.0 Å². The molecule has 2 N–H and O–H groups in total. The Balaban J connectivity index is 2.24. The summed E-state index contributed by atoms with van der Waals surface area (Å²) in [4.78, 5) is 0. The number of benzene rings is 1. The predicted octanol–water partition coefficient (Wildman–Crippen LogP) is 2.55. The van der Waals surface area contributed by atoms with Crippen molar-refractivity contribution in [1.82, 2.24) is 9.78 Å². The van der Waals surface area contributed by atoms with Crippen molar-refractivity contribution in [2.24, 2.45) is 7.05 Å². The molecule has 0 saturated heterocycles. The van der Waals surface area contributed by atoms with Crippen LogP contribution < -0.4 is 15.2 Å². The van der Waals surface area contributed by atoms with Gasteiger partial charge in [0.2, 0.25) is 0 Å². The van der Waals surface area contributed by atoms with Crippen LogP contribution in [0, 0.1) is 0 Å². The minimum absolute atomic E-state index is 0.161. The number of hydrogen-bond donors (Lipinski definition) is 1. The Morgan fingerprint density at radius 1 is 1.19 bits per heavy atom. The van der Waals surface area contributed by atoms with Gasteiger partial charge >= 0.3 is 0 Å². The molecule has 2 aromatic rings. The molecule has 2 heterocycles. The lowest BCUT2D eigenvalue weighted by molar-refractivity contribution is 0.0176. The zero-order valence-corrected chi connectivity index (χ0v) is 11.7. The van der Waals surface area contributed by atoms with Gasteiger partial charge in [-0.1, -0.05) is 0 Å². The van der Waals surface area contributed by atoms with Crippen LogP contribution in [0.3, 0.4) is 0 Å². The van der Waals surface area contributed by atoms with E-state index in [1.807, 2.05) is 0 Å². The average molecular weight is 295 g/mol. The molecule has 0 amide bonds. The first-order chi connectivity index (χ1) is 9.88. The summed E-state index contributed by atoms with van der Waals surface area (Å²) in [5.41, 5.74) is 6.50. The molecule has 0 atom stereocenters. The molecular formula is C14H15F2N3O2. The Labute approximate surface area is 120 Å². The highest BCUT2D eigenvalue weighted by atomic mass is 19.3. The number of halogens is 2. The molecule has 1 aromatic carbocycles. The Kier molecular flexibility index (Phi) is 3.00. The van der Waals surface area contributed by atoms with Gasteiger partial charge in [0.05, 0.1) is 6.20 Å². The van der Waals surface area contributed by atoms with Crippen molar-refractivity contribution in [3.8, 4) is 22.6 Å². The minimum atomic E-state index is -3.03. The van der Waals surface area contributed by atoms with Crippen LogP contribution in [0.1, 0.15) is 12.5 Å². The highest BCUT2D eigenvalue weighted by Gasteiger charge is 2.32. The van der Waals surface area contributed by atoms with Crippen molar-refractivity contribution >= 4 is 5.82 Å². The Hall–Kier alpha value is -2.31. The maximum absolute atomic E-state index is 13.9. The minimum Gasteiger partial charge on any atom is -0.486 e. The lowest BCUT2D eigenvalue weighted by atomic mass is 9.96. The van der Waals surface area contributed by atoms with E-state index in [2.05, 4.69) is 5.10 Å². The van der Waals surface area contributed by atoms with Gasteiger partial charge in [-0.05, 0) is 12.1 Å². The predicted molar refractivity (Wildman–Crippen MR) is 73.6 cm³/mol. The van der Waals surface area contributed by atoms with Gasteiger partial charge < -0.3 is 15.2 Å². The zero-order valence-electron chi connectivity index (χ0n) is 11.7. The molecule has 112 valence electrons. The molecule has 0 radical (unpaired) electrons. The molecule has 1 aromatic heterocycles. The molecule has 3 rings (SSSR count). The Morgan fingerprint density at radius 3 is 2.33 bits per heavy atom. The van der Waals surface area contributed by atoms with Crippen LogP contribution in [-0.4, -0.2) is 23.0 Å². The number of ether oxygens (including phenoxy) is 2. The summed E-state index contributed by atoms with van der Waals surface area (Å²) in [6, 6.07) is 2.85. The molecular weight excluding hydrogens is 280 g/mol. The fourth-order valence-electron chi connectivity index (χ4n) is 2.33. The smallest absolute Gasteiger partial charge is 0.271 e. The fraction of sp³-hybridized carbons (Fsp3) is 0.357. The quantitative estimate of drug-likeness (QED) is 0.925. The van der Waals surface area contributed by atoms with Crippen molar-refractivity contribution in [2.45, 2.75) is 12.8 Å². The molecule has 1 aliphatic heterocycles. The van der Waals surface area contributed by atoms with E-state index < -0.39 is 5.92 Å². The van der Waals surface area contributed by atoms with Crippen LogP contribution >= 0.6 is 0 Å². The number of anilines is 1. The lowest BCUT2D eigenvalue weighted by Crippen LogP contribution is -2.17. The molecule has 0 fully saturated rings. The molecule has 0 unspecified atom stereocenters. The maximum atomic E-state index is 13.9. The largest absolute Gasteiger partial charge is 0.486 e. The molecule has 0 aliphatic carbocycles. The van der Waals surface area contributed by atoms with Gasteiger partial charge in [0.25, 0.3) is 5.92 Å². The average Bonchev–Trinajstić information content (AvgIpc) is 2.76. The van der Waals surface area contributed by atoms with Gasteiger partial charge in [-0.15, -0.1) is 0 Å². The molecule has 0 bridgehead atoms. The van der Waals surface area contributed by atoms with Crippen LogP contribution in [0.5, 0.6) is 11.5 Å². The molecule has 5 nitrogen and oxygen atoms in total. The number of aryl methyl sites for hydroxylation is 1. The van der Waals surface area contributed by atoms with Gasteiger partial charge in [0, 0.05) is 30.7 Å². The van der Waals surface area contributed by atoms with E-state index in [9.17, 15) is 8.78 Å². The second-order valence-corrected chi connectivity index (χ2v) is 5.00. The topological polar surface area (TPSA) is 62.3 Å². The third-order valence-electron chi connectivity index (χ3n) is 3.43. The summed E-state index contributed by atoms with van der Waals surface area (Å²) >= 11 is 0. The van der Waals surface area contributed by atoms with Gasteiger partial charge in [0.15, 0.2) is 11.5 Å². The first-order valence-electron chi connectivity index (χ1n) is 6.47. The molecule has 0 saturated carbocycles. The van der Waals surface area contributed by atoms with E-state index >= 15 is 0 Å². The molecule has 21 heavy (non-hydrogen) atoms. The normalized spacial score (nSPS) is 14.3. The van der Waals surface area contributed by atoms with Crippen LogP contribution in [0.2, 0.25) is 0 Å².